The highest BCUT2D eigenvalue weighted by Gasteiger charge is 2.12. The summed E-state index contributed by atoms with van der Waals surface area (Å²) in [6, 6.07) is 2.84. The van der Waals surface area contributed by atoms with Crippen LogP contribution >= 0.6 is 0 Å². The number of hydrogen-bond acceptors (Lipinski definition) is 4. The number of phenols is 2. The van der Waals surface area contributed by atoms with Crippen LogP contribution in [0.4, 0.5) is 0 Å². The van der Waals surface area contributed by atoms with Gasteiger partial charge in [0.25, 0.3) is 5.58 Å². The summed E-state index contributed by atoms with van der Waals surface area (Å²) in [6.07, 6.45) is 0. The highest BCUT2D eigenvalue weighted by Crippen LogP contribution is 2.35. The maximum absolute atomic E-state index is 8.98. The Labute approximate surface area is 55.2 Å². The molecule has 0 bridgehead atoms. The second-order valence-corrected chi connectivity index (χ2v) is 1.93. The first kappa shape index (κ1) is 5.22. The fourth-order valence-corrected chi connectivity index (χ4v) is 0.741. The Hall–Kier alpha value is -1.58. The number of aromatic hydroxyl groups is 2. The lowest BCUT2D eigenvalue weighted by molar-refractivity contribution is 0.0561. The van der Waals surface area contributed by atoms with Crippen molar-refractivity contribution in [2.75, 3.05) is 0 Å². The summed E-state index contributed by atoms with van der Waals surface area (Å²) in [5.74, 6) is -0.481. The van der Waals surface area contributed by atoms with Crippen molar-refractivity contribution < 1.29 is 19.4 Å². The lowest BCUT2D eigenvalue weighted by Crippen LogP contribution is -1.76. The Kier molecular flexibility index (Phi) is 0.768. The van der Waals surface area contributed by atoms with Gasteiger partial charge in [-0.1, -0.05) is 0 Å². The molecule has 0 amide bonds. The first-order chi connectivity index (χ1) is 4.79. The largest absolute Gasteiger partial charge is 0.504 e. The van der Waals surface area contributed by atoms with E-state index in [-0.39, 0.29) is 17.1 Å². The van der Waals surface area contributed by atoms with Crippen LogP contribution in [-0.2, 0) is 0 Å². The molecule has 0 spiro atoms. The number of rotatable bonds is 0. The van der Waals surface area contributed by atoms with E-state index in [9.17, 15) is 0 Å². The minimum Gasteiger partial charge on any atom is -0.504 e. The van der Waals surface area contributed by atoms with Crippen LogP contribution in [0.1, 0.15) is 0 Å². The molecule has 4 nitrogen and oxygen atoms in total. The monoisotopic (exact) mass is 140 g/mol. The average Bonchev–Trinajstić information content (AvgIpc) is 1.82. The van der Waals surface area contributed by atoms with Crippen LogP contribution in [0.2, 0.25) is 0 Å². The van der Waals surface area contributed by atoms with Crippen LogP contribution in [0.25, 0.3) is 11.2 Å². The molecule has 0 fully saturated rings. The summed E-state index contributed by atoms with van der Waals surface area (Å²) < 4.78 is 8.82. The summed E-state index contributed by atoms with van der Waals surface area (Å²) in [5.41, 5.74) is 0.635. The van der Waals surface area contributed by atoms with Crippen LogP contribution in [0.5, 0.6) is 11.5 Å². The molecular weight excluding hydrogens is 136 g/mol. The number of benzene rings is 1. The predicted molar refractivity (Wildman–Crippen MR) is 31.8 cm³/mol. The lowest BCUT2D eigenvalue weighted by atomic mass is 10.3. The molecule has 0 radical (unpaired) electrons. The fraction of sp³-hybridized carbons (Fsp3) is 0. The highest BCUT2D eigenvalue weighted by molar-refractivity contribution is 5.80. The van der Waals surface area contributed by atoms with Crippen molar-refractivity contribution in [2.24, 2.45) is 0 Å². The van der Waals surface area contributed by atoms with E-state index in [2.05, 4.69) is 9.15 Å². The summed E-state index contributed by atoms with van der Waals surface area (Å²) in [4.78, 5) is 0. The van der Waals surface area contributed by atoms with Gasteiger partial charge < -0.3 is 10.2 Å². The standard InChI is InChI=1S/C6H4O4/c7-3-1-2-4-6(5(3)8)10-9-4/h1-2,7-8H. The summed E-state index contributed by atoms with van der Waals surface area (Å²) >= 11 is 0. The van der Waals surface area contributed by atoms with Crippen molar-refractivity contribution in [3.05, 3.63) is 12.1 Å². The maximum atomic E-state index is 8.98. The second kappa shape index (κ2) is 1.47. The van der Waals surface area contributed by atoms with Gasteiger partial charge in [-0.2, -0.15) is 0 Å². The Balaban J connectivity index is 2.84. The molecule has 0 aliphatic carbocycles. The van der Waals surface area contributed by atoms with Crippen molar-refractivity contribution in [1.29, 1.82) is 0 Å². The SMILES string of the molecule is Oc1ccc2ooc2c1O. The van der Waals surface area contributed by atoms with Gasteiger partial charge in [0.1, 0.15) is 0 Å². The average molecular weight is 140 g/mol. The quantitative estimate of drug-likeness (QED) is 0.429. The van der Waals surface area contributed by atoms with Crippen molar-refractivity contribution in [2.45, 2.75) is 0 Å². The first-order valence-electron chi connectivity index (χ1n) is 2.68. The van der Waals surface area contributed by atoms with Crippen molar-refractivity contribution >= 4 is 11.2 Å². The van der Waals surface area contributed by atoms with E-state index in [1.165, 1.54) is 12.1 Å². The van der Waals surface area contributed by atoms with E-state index in [1.54, 1.807) is 0 Å². The molecule has 0 unspecified atom stereocenters. The smallest absolute Gasteiger partial charge is 0.270 e. The van der Waals surface area contributed by atoms with Gasteiger partial charge in [-0.15, -0.1) is 0 Å². The van der Waals surface area contributed by atoms with Gasteiger partial charge >= 0.3 is 0 Å². The van der Waals surface area contributed by atoms with Gasteiger partial charge in [0.2, 0.25) is 11.3 Å². The second-order valence-electron chi connectivity index (χ2n) is 1.93. The van der Waals surface area contributed by atoms with Gasteiger partial charge in [-0.05, 0) is 12.1 Å². The predicted octanol–water partition coefficient (Wildman–Crippen LogP) is 1.44. The van der Waals surface area contributed by atoms with Crippen molar-refractivity contribution in [3.8, 4) is 11.5 Å². The molecular formula is C6H4O4. The Bertz CT molecular complexity index is 357. The molecule has 0 saturated carbocycles. The van der Waals surface area contributed by atoms with Gasteiger partial charge in [-0.3, -0.25) is 9.15 Å². The van der Waals surface area contributed by atoms with E-state index in [1.807, 2.05) is 0 Å². The van der Waals surface area contributed by atoms with Crippen LogP contribution in [0.3, 0.4) is 0 Å². The molecule has 4 heteroatoms. The van der Waals surface area contributed by atoms with Gasteiger partial charge in [-0.25, -0.2) is 0 Å². The molecule has 2 aromatic rings. The minimum atomic E-state index is -0.274. The Morgan fingerprint density at radius 2 is 1.90 bits per heavy atom. The first-order valence-corrected chi connectivity index (χ1v) is 2.68. The van der Waals surface area contributed by atoms with E-state index in [0.29, 0.717) is 5.58 Å². The third kappa shape index (κ3) is 0.452. The van der Waals surface area contributed by atoms with E-state index in [4.69, 9.17) is 10.2 Å². The van der Waals surface area contributed by atoms with E-state index in [0.717, 1.165) is 0 Å². The zero-order valence-electron chi connectivity index (χ0n) is 4.87. The molecule has 2 N–H and O–H groups in total. The maximum Gasteiger partial charge on any atom is 0.270 e. The molecule has 0 atom stereocenters. The van der Waals surface area contributed by atoms with E-state index >= 15 is 0 Å². The van der Waals surface area contributed by atoms with Gasteiger partial charge in [0.05, 0.1) is 0 Å². The Morgan fingerprint density at radius 1 is 1.10 bits per heavy atom. The molecule has 0 saturated heterocycles. The van der Waals surface area contributed by atoms with Gasteiger partial charge in [0, 0.05) is 0 Å². The van der Waals surface area contributed by atoms with Gasteiger partial charge in [0.15, 0.2) is 5.75 Å². The molecule has 10 heavy (non-hydrogen) atoms. The Morgan fingerprint density at radius 3 is 2.40 bits per heavy atom. The molecule has 1 aromatic heterocycles. The summed E-state index contributed by atoms with van der Waals surface area (Å²) in [6.45, 7) is 0. The van der Waals surface area contributed by atoms with Crippen LogP contribution in [0, 0.1) is 0 Å². The fourth-order valence-electron chi connectivity index (χ4n) is 0.741. The summed E-state index contributed by atoms with van der Waals surface area (Å²) in [5, 5.41) is 17.9. The highest BCUT2D eigenvalue weighted by atomic mass is 17.0. The molecule has 52 valence electrons. The summed E-state index contributed by atoms with van der Waals surface area (Å²) in [7, 11) is 0. The number of phenolic OH excluding ortho intramolecular Hbond substituents is 2. The lowest BCUT2D eigenvalue weighted by Gasteiger charge is -2.00. The topological polar surface area (TPSA) is 66.7 Å². The molecule has 2 rings (SSSR count). The zero-order chi connectivity index (χ0) is 7.14. The molecule has 0 aliphatic rings. The van der Waals surface area contributed by atoms with Crippen molar-refractivity contribution in [1.82, 2.24) is 0 Å². The molecule has 0 aliphatic heterocycles. The minimum absolute atomic E-state index is 0.194. The van der Waals surface area contributed by atoms with Crippen LogP contribution < -0.4 is 0 Å². The number of fused-ring (bicyclic) bond motifs is 1. The van der Waals surface area contributed by atoms with Crippen LogP contribution in [-0.4, -0.2) is 10.2 Å². The molecule has 1 aromatic carbocycles. The third-order valence-electron chi connectivity index (χ3n) is 1.29. The van der Waals surface area contributed by atoms with Crippen molar-refractivity contribution in [3.63, 3.8) is 0 Å². The number of hydrogen-bond donors (Lipinski definition) is 2. The van der Waals surface area contributed by atoms with Crippen LogP contribution in [0.15, 0.2) is 21.3 Å². The van der Waals surface area contributed by atoms with E-state index < -0.39 is 0 Å². The normalized spacial score (nSPS) is 10.8. The third-order valence-corrected chi connectivity index (χ3v) is 1.29. The zero-order valence-corrected chi connectivity index (χ0v) is 4.87. The molecule has 1 heterocycles.